The first-order valence-corrected chi connectivity index (χ1v) is 14.3. The number of allylic oxidation sites excluding steroid dienone is 1. The SMILES string of the molecule is C#CCCCOc1ccc(/C=C/C2CCC(c3ccc(-c4ccc(C(O)CCC)cc4)c(F)c3F)CC2)c(F)c1F. The van der Waals surface area contributed by atoms with Crippen LogP contribution in [0, 0.1) is 41.5 Å². The Bertz CT molecular complexity index is 1380. The fourth-order valence-corrected chi connectivity index (χ4v) is 5.43. The van der Waals surface area contributed by atoms with E-state index in [1.165, 1.54) is 12.1 Å². The molecule has 0 radical (unpaired) electrons. The van der Waals surface area contributed by atoms with Crippen LogP contribution in [0.3, 0.4) is 0 Å². The Balaban J connectivity index is 1.37. The van der Waals surface area contributed by atoms with Crippen LogP contribution in [0.4, 0.5) is 17.6 Å². The van der Waals surface area contributed by atoms with Crippen molar-refractivity contribution in [1.82, 2.24) is 0 Å². The van der Waals surface area contributed by atoms with E-state index in [0.29, 0.717) is 43.2 Å². The molecule has 1 unspecified atom stereocenters. The van der Waals surface area contributed by atoms with Gasteiger partial charge in [-0.1, -0.05) is 61.9 Å². The van der Waals surface area contributed by atoms with Crippen LogP contribution in [0.1, 0.15) is 87.0 Å². The quantitative estimate of drug-likeness (QED) is 0.143. The second kappa shape index (κ2) is 14.4. The van der Waals surface area contributed by atoms with Gasteiger partial charge in [-0.25, -0.2) is 13.2 Å². The first-order chi connectivity index (χ1) is 19.8. The number of benzene rings is 3. The molecule has 1 atom stereocenters. The Morgan fingerprint density at radius 2 is 1.66 bits per heavy atom. The fraction of sp³-hybridized carbons (Fsp3) is 0.371. The lowest BCUT2D eigenvalue weighted by Gasteiger charge is -2.27. The van der Waals surface area contributed by atoms with Crippen molar-refractivity contribution in [2.75, 3.05) is 6.61 Å². The van der Waals surface area contributed by atoms with Crippen LogP contribution in [0.2, 0.25) is 0 Å². The first kappa shape index (κ1) is 30.4. The van der Waals surface area contributed by atoms with Gasteiger partial charge in [-0.3, -0.25) is 0 Å². The number of aliphatic hydroxyl groups is 1. The summed E-state index contributed by atoms with van der Waals surface area (Å²) in [6.45, 7) is 2.20. The lowest BCUT2D eigenvalue weighted by molar-refractivity contribution is 0.166. The molecule has 0 saturated heterocycles. The zero-order valence-electron chi connectivity index (χ0n) is 23.3. The summed E-state index contributed by atoms with van der Waals surface area (Å²) in [7, 11) is 0. The summed E-state index contributed by atoms with van der Waals surface area (Å²) < 4.78 is 64.6. The van der Waals surface area contributed by atoms with Gasteiger partial charge in [0.1, 0.15) is 0 Å². The second-order valence-electron chi connectivity index (χ2n) is 10.7. The summed E-state index contributed by atoms with van der Waals surface area (Å²) in [5.74, 6) is -1.34. The molecule has 1 aliphatic rings. The van der Waals surface area contributed by atoms with Gasteiger partial charge in [-0.05, 0) is 79.2 Å². The van der Waals surface area contributed by atoms with E-state index in [-0.39, 0.29) is 35.3 Å². The molecule has 1 fully saturated rings. The van der Waals surface area contributed by atoms with E-state index in [2.05, 4.69) is 5.92 Å². The number of rotatable bonds is 11. The number of hydrogen-bond donors (Lipinski definition) is 1. The topological polar surface area (TPSA) is 29.5 Å². The van der Waals surface area contributed by atoms with Crippen molar-refractivity contribution in [3.63, 3.8) is 0 Å². The summed E-state index contributed by atoms with van der Waals surface area (Å²) in [5, 5.41) is 10.2. The third-order valence-electron chi connectivity index (χ3n) is 7.84. The summed E-state index contributed by atoms with van der Waals surface area (Å²) in [6.07, 6.45) is 13.4. The van der Waals surface area contributed by atoms with Crippen LogP contribution in [0.25, 0.3) is 17.2 Å². The zero-order chi connectivity index (χ0) is 29.4. The number of unbranched alkanes of at least 4 members (excludes halogenated alkanes) is 1. The summed E-state index contributed by atoms with van der Waals surface area (Å²) in [6, 6.07) is 13.1. The minimum atomic E-state index is -1.03. The van der Waals surface area contributed by atoms with Crippen LogP contribution < -0.4 is 4.74 Å². The predicted octanol–water partition coefficient (Wildman–Crippen LogP) is 9.52. The minimum absolute atomic E-state index is 0.116. The molecule has 2 nitrogen and oxygen atoms in total. The van der Waals surface area contributed by atoms with E-state index in [9.17, 15) is 13.9 Å². The van der Waals surface area contributed by atoms with Crippen molar-refractivity contribution in [2.24, 2.45) is 5.92 Å². The van der Waals surface area contributed by atoms with E-state index >= 15 is 8.78 Å². The number of hydrogen-bond acceptors (Lipinski definition) is 2. The van der Waals surface area contributed by atoms with Crippen molar-refractivity contribution in [2.45, 2.75) is 70.3 Å². The average Bonchev–Trinajstić information content (AvgIpc) is 2.99. The number of terminal acetylenes is 1. The normalized spacial score (nSPS) is 17.9. The number of ether oxygens (including phenoxy) is 1. The highest BCUT2D eigenvalue weighted by Gasteiger charge is 2.26. The lowest BCUT2D eigenvalue weighted by atomic mass is 9.78. The molecule has 1 saturated carbocycles. The maximum Gasteiger partial charge on any atom is 0.201 e. The second-order valence-corrected chi connectivity index (χ2v) is 10.7. The third-order valence-corrected chi connectivity index (χ3v) is 7.84. The van der Waals surface area contributed by atoms with Gasteiger partial charge < -0.3 is 9.84 Å². The van der Waals surface area contributed by atoms with Gasteiger partial charge in [-0.2, -0.15) is 4.39 Å². The molecular weight excluding hydrogens is 528 g/mol. The van der Waals surface area contributed by atoms with E-state index in [1.54, 1.807) is 42.5 Å². The van der Waals surface area contributed by atoms with E-state index in [0.717, 1.165) is 24.8 Å². The Hall–Kier alpha value is -3.56. The monoisotopic (exact) mass is 564 g/mol. The van der Waals surface area contributed by atoms with Crippen molar-refractivity contribution in [3.05, 3.63) is 94.6 Å². The molecule has 6 heteroatoms. The molecule has 0 bridgehead atoms. The van der Waals surface area contributed by atoms with Crippen molar-refractivity contribution < 1.29 is 27.4 Å². The van der Waals surface area contributed by atoms with Crippen LogP contribution in [0.5, 0.6) is 5.75 Å². The van der Waals surface area contributed by atoms with Crippen LogP contribution in [0.15, 0.2) is 54.6 Å². The standard InChI is InChI=1S/C35H36F4O2/c1-3-5-6-22-41-31-21-18-27(32(36)35(31)39)13-10-23-8-11-24(12-9-23)28-19-20-29(34(38)33(28)37)25-14-16-26(17-15-25)30(40)7-4-2/h1,10,13-21,23-24,30,40H,4-9,11-12,22H2,2H3/b13-10+. The molecule has 3 aromatic rings. The van der Waals surface area contributed by atoms with Gasteiger partial charge in [0.15, 0.2) is 23.2 Å². The maximum atomic E-state index is 15.2. The van der Waals surface area contributed by atoms with Crippen LogP contribution in [-0.4, -0.2) is 11.7 Å². The van der Waals surface area contributed by atoms with Crippen molar-refractivity contribution in [3.8, 4) is 29.2 Å². The van der Waals surface area contributed by atoms with Crippen LogP contribution >= 0.6 is 0 Å². The molecular formula is C35H36F4O2. The van der Waals surface area contributed by atoms with E-state index in [4.69, 9.17) is 11.2 Å². The van der Waals surface area contributed by atoms with Crippen molar-refractivity contribution >= 4 is 6.08 Å². The largest absolute Gasteiger partial charge is 0.490 e. The van der Waals surface area contributed by atoms with E-state index < -0.39 is 29.4 Å². The van der Waals surface area contributed by atoms with Gasteiger partial charge in [0.25, 0.3) is 0 Å². The lowest BCUT2D eigenvalue weighted by Crippen LogP contribution is -2.13. The molecule has 0 heterocycles. The molecule has 1 N–H and O–H groups in total. The average molecular weight is 565 g/mol. The fourth-order valence-electron chi connectivity index (χ4n) is 5.43. The van der Waals surface area contributed by atoms with Gasteiger partial charge >= 0.3 is 0 Å². The molecule has 0 amide bonds. The Labute approximate surface area is 240 Å². The molecule has 1 aliphatic carbocycles. The molecule has 0 aliphatic heterocycles. The molecule has 4 rings (SSSR count). The van der Waals surface area contributed by atoms with Crippen molar-refractivity contribution in [1.29, 1.82) is 0 Å². The Morgan fingerprint density at radius 1 is 0.927 bits per heavy atom. The molecule has 216 valence electrons. The molecule has 41 heavy (non-hydrogen) atoms. The highest BCUT2D eigenvalue weighted by Crippen LogP contribution is 2.40. The van der Waals surface area contributed by atoms with Gasteiger partial charge in [0, 0.05) is 17.5 Å². The van der Waals surface area contributed by atoms with E-state index in [1.807, 2.05) is 13.0 Å². The molecule has 0 spiro atoms. The Kier molecular flexibility index (Phi) is 10.7. The summed E-state index contributed by atoms with van der Waals surface area (Å²) >= 11 is 0. The maximum absolute atomic E-state index is 15.2. The molecule has 3 aromatic carbocycles. The van der Waals surface area contributed by atoms with Gasteiger partial charge in [0.2, 0.25) is 5.82 Å². The Morgan fingerprint density at radius 3 is 2.34 bits per heavy atom. The van der Waals surface area contributed by atoms with Gasteiger partial charge in [0.05, 0.1) is 12.7 Å². The minimum Gasteiger partial charge on any atom is -0.490 e. The molecule has 0 aromatic heterocycles. The highest BCUT2D eigenvalue weighted by molar-refractivity contribution is 5.65. The third kappa shape index (κ3) is 7.40. The summed E-state index contributed by atoms with van der Waals surface area (Å²) in [5.41, 5.74) is 2.01. The number of halogens is 4. The first-order valence-electron chi connectivity index (χ1n) is 14.3. The highest BCUT2D eigenvalue weighted by atomic mass is 19.2. The smallest absolute Gasteiger partial charge is 0.201 e. The zero-order valence-corrected chi connectivity index (χ0v) is 23.3. The summed E-state index contributed by atoms with van der Waals surface area (Å²) in [4.78, 5) is 0. The predicted molar refractivity (Wildman–Crippen MR) is 155 cm³/mol. The van der Waals surface area contributed by atoms with Gasteiger partial charge in [-0.15, -0.1) is 12.3 Å². The number of aliphatic hydroxyl groups excluding tert-OH is 1. The van der Waals surface area contributed by atoms with Crippen LogP contribution in [-0.2, 0) is 0 Å².